The summed E-state index contributed by atoms with van der Waals surface area (Å²) in [5.74, 6) is 2.94. The van der Waals surface area contributed by atoms with Gasteiger partial charge in [-0.2, -0.15) is 0 Å². The molecule has 0 saturated heterocycles. The van der Waals surface area contributed by atoms with Crippen LogP contribution in [0.2, 0.25) is 0 Å². The van der Waals surface area contributed by atoms with E-state index in [2.05, 4.69) is 39.5 Å². The molecule has 4 fully saturated rings. The molecule has 8 atom stereocenters. The van der Waals surface area contributed by atoms with E-state index in [0.717, 1.165) is 50.7 Å². The van der Waals surface area contributed by atoms with Gasteiger partial charge in [-0.1, -0.05) is 27.7 Å². The number of carbonyl (C=O) groups excluding carboxylic acids is 1. The second-order valence-electron chi connectivity index (χ2n) is 12.1. The van der Waals surface area contributed by atoms with Crippen molar-refractivity contribution in [1.82, 2.24) is 4.90 Å². The average Bonchev–Trinajstić information content (AvgIpc) is 2.98. The van der Waals surface area contributed by atoms with E-state index < -0.39 is 5.60 Å². The van der Waals surface area contributed by atoms with Crippen molar-refractivity contribution in [2.24, 2.45) is 34.5 Å². The van der Waals surface area contributed by atoms with Crippen LogP contribution in [0.5, 0.6) is 0 Å². The Morgan fingerprint density at radius 1 is 0.968 bits per heavy atom. The maximum Gasteiger partial charge on any atom is 0.307 e. The van der Waals surface area contributed by atoms with Crippen molar-refractivity contribution in [2.45, 2.75) is 111 Å². The molecule has 1 N–H and O–H groups in total. The molecule has 0 aliphatic heterocycles. The highest BCUT2D eigenvalue weighted by Gasteiger charge is 2.63. The van der Waals surface area contributed by atoms with Crippen molar-refractivity contribution in [2.75, 3.05) is 19.6 Å². The van der Waals surface area contributed by atoms with E-state index in [1.54, 1.807) is 0 Å². The molecule has 0 radical (unpaired) electrons. The van der Waals surface area contributed by atoms with E-state index in [0.29, 0.717) is 23.7 Å². The minimum Gasteiger partial charge on any atom is -0.462 e. The zero-order valence-electron chi connectivity index (χ0n) is 20.8. The third-order valence-electron chi connectivity index (χ3n) is 11.0. The molecule has 4 heteroatoms. The van der Waals surface area contributed by atoms with E-state index in [9.17, 15) is 9.90 Å². The van der Waals surface area contributed by atoms with Gasteiger partial charge in [-0.3, -0.25) is 4.79 Å². The van der Waals surface area contributed by atoms with Gasteiger partial charge in [-0.25, -0.2) is 0 Å². The molecule has 0 aromatic carbocycles. The van der Waals surface area contributed by atoms with E-state index in [1.807, 2.05) is 0 Å². The molecule has 0 bridgehead atoms. The van der Waals surface area contributed by atoms with Crippen LogP contribution in [0, 0.1) is 34.5 Å². The Morgan fingerprint density at radius 2 is 1.68 bits per heavy atom. The molecule has 4 aliphatic carbocycles. The lowest BCUT2D eigenvalue weighted by molar-refractivity contribution is -0.168. The first-order chi connectivity index (χ1) is 14.6. The molecule has 4 rings (SSSR count). The van der Waals surface area contributed by atoms with Gasteiger partial charge in [0.25, 0.3) is 0 Å². The van der Waals surface area contributed by atoms with Crippen molar-refractivity contribution >= 4 is 5.97 Å². The minimum absolute atomic E-state index is 0.00388. The highest BCUT2D eigenvalue weighted by atomic mass is 16.5. The maximum atomic E-state index is 12.5. The third kappa shape index (κ3) is 3.98. The Labute approximate surface area is 190 Å². The molecule has 178 valence electrons. The van der Waals surface area contributed by atoms with Gasteiger partial charge in [0.15, 0.2) is 0 Å². The summed E-state index contributed by atoms with van der Waals surface area (Å²) in [7, 11) is 0. The molecule has 0 amide bonds. The van der Waals surface area contributed by atoms with Crippen molar-refractivity contribution in [3.05, 3.63) is 0 Å². The number of hydrogen-bond acceptors (Lipinski definition) is 4. The van der Waals surface area contributed by atoms with E-state index >= 15 is 0 Å². The molecule has 3 unspecified atom stereocenters. The highest BCUT2D eigenvalue weighted by Crippen LogP contribution is 2.68. The van der Waals surface area contributed by atoms with Crippen LogP contribution in [0.3, 0.4) is 0 Å². The number of carbonyl (C=O) groups is 1. The molecular weight excluding hydrogens is 386 g/mol. The summed E-state index contributed by atoms with van der Waals surface area (Å²) in [6.45, 7) is 14.1. The Kier molecular flexibility index (Phi) is 6.55. The van der Waals surface area contributed by atoms with Gasteiger partial charge in [-0.15, -0.1) is 0 Å². The highest BCUT2D eigenvalue weighted by molar-refractivity contribution is 5.69. The number of rotatable bonds is 6. The lowest BCUT2D eigenvalue weighted by Crippen LogP contribution is -2.56. The molecule has 4 saturated carbocycles. The number of ether oxygens (including phenoxy) is 1. The Balaban J connectivity index is 1.37. The monoisotopic (exact) mass is 433 g/mol. The van der Waals surface area contributed by atoms with Crippen LogP contribution in [-0.4, -0.2) is 47.3 Å². The number of aliphatic hydroxyl groups is 1. The second-order valence-corrected chi connectivity index (χ2v) is 12.1. The lowest BCUT2D eigenvalue weighted by Gasteiger charge is -2.61. The van der Waals surface area contributed by atoms with Gasteiger partial charge < -0.3 is 14.7 Å². The summed E-state index contributed by atoms with van der Waals surface area (Å²) >= 11 is 0. The predicted molar refractivity (Wildman–Crippen MR) is 125 cm³/mol. The fourth-order valence-electron chi connectivity index (χ4n) is 8.60. The predicted octanol–water partition coefficient (Wildman–Crippen LogP) is 5.42. The molecular formula is C27H47NO3. The average molecular weight is 434 g/mol. The van der Waals surface area contributed by atoms with Gasteiger partial charge in [-0.05, 0) is 112 Å². The first kappa shape index (κ1) is 23.5. The summed E-state index contributed by atoms with van der Waals surface area (Å²) < 4.78 is 5.97. The maximum absolute atomic E-state index is 12.5. The lowest BCUT2D eigenvalue weighted by atomic mass is 9.44. The quantitative estimate of drug-likeness (QED) is 0.568. The van der Waals surface area contributed by atoms with Gasteiger partial charge in [0.1, 0.15) is 6.10 Å². The van der Waals surface area contributed by atoms with Crippen LogP contribution in [0.15, 0.2) is 0 Å². The van der Waals surface area contributed by atoms with Crippen LogP contribution in [0.4, 0.5) is 0 Å². The van der Waals surface area contributed by atoms with Crippen molar-refractivity contribution in [3.63, 3.8) is 0 Å². The zero-order chi connectivity index (χ0) is 22.4. The van der Waals surface area contributed by atoms with Gasteiger partial charge in [0.05, 0.1) is 12.0 Å². The van der Waals surface area contributed by atoms with Gasteiger partial charge in [0.2, 0.25) is 0 Å². The Morgan fingerprint density at radius 3 is 2.39 bits per heavy atom. The SMILES string of the molecule is CCN(CC)CCC(=O)O[C@H]1CC[C@]2(C)C3CC[C@@]4(C)C(CC[C@]4(C)O)C3CC[C@H]2C1. The van der Waals surface area contributed by atoms with E-state index in [4.69, 9.17) is 4.74 Å². The summed E-state index contributed by atoms with van der Waals surface area (Å²) in [5, 5.41) is 11.1. The molecule has 4 nitrogen and oxygen atoms in total. The standard InChI is InChI=1S/C27H47NO3/c1-6-28(7-2)17-13-24(29)31-20-10-14-25(3)19(18-20)8-9-21-22(25)11-15-26(4)23(21)12-16-27(26,5)30/h19-23,30H,6-18H2,1-5H3/t19-,20-,21?,22?,23?,25-,26-,27-/m0/s1. The van der Waals surface area contributed by atoms with Crippen molar-refractivity contribution in [3.8, 4) is 0 Å². The normalized spacial score (nSPS) is 46.9. The van der Waals surface area contributed by atoms with Gasteiger partial charge in [0, 0.05) is 6.54 Å². The largest absolute Gasteiger partial charge is 0.462 e. The second kappa shape index (κ2) is 8.63. The summed E-state index contributed by atoms with van der Waals surface area (Å²) in [5.41, 5.74) is 0.00909. The van der Waals surface area contributed by atoms with Crippen LogP contribution in [0.25, 0.3) is 0 Å². The number of fused-ring (bicyclic) bond motifs is 5. The molecule has 4 aliphatic rings. The van der Waals surface area contributed by atoms with E-state index in [-0.39, 0.29) is 17.5 Å². The van der Waals surface area contributed by atoms with Crippen LogP contribution < -0.4 is 0 Å². The molecule has 0 heterocycles. The van der Waals surface area contributed by atoms with Crippen LogP contribution in [0.1, 0.15) is 98.8 Å². The smallest absolute Gasteiger partial charge is 0.307 e. The summed E-state index contributed by atoms with van der Waals surface area (Å²) in [4.78, 5) is 14.8. The van der Waals surface area contributed by atoms with Crippen molar-refractivity contribution < 1.29 is 14.6 Å². The fraction of sp³-hybridized carbons (Fsp3) is 0.963. The summed E-state index contributed by atoms with van der Waals surface area (Å²) in [6, 6.07) is 0. The first-order valence-electron chi connectivity index (χ1n) is 13.3. The topological polar surface area (TPSA) is 49.8 Å². The number of nitrogens with zero attached hydrogens (tertiary/aromatic N) is 1. The van der Waals surface area contributed by atoms with Crippen LogP contribution in [-0.2, 0) is 9.53 Å². The minimum atomic E-state index is -0.489. The molecule has 0 aromatic heterocycles. The van der Waals surface area contributed by atoms with E-state index in [1.165, 1.54) is 38.5 Å². The molecule has 0 spiro atoms. The zero-order valence-corrected chi connectivity index (χ0v) is 20.8. The molecule has 0 aromatic rings. The fourth-order valence-corrected chi connectivity index (χ4v) is 8.60. The number of esters is 1. The summed E-state index contributed by atoms with van der Waals surface area (Å²) in [6.07, 6.45) is 11.2. The number of hydrogen-bond donors (Lipinski definition) is 1. The molecule has 31 heavy (non-hydrogen) atoms. The van der Waals surface area contributed by atoms with Crippen LogP contribution >= 0.6 is 0 Å². The van der Waals surface area contributed by atoms with Crippen molar-refractivity contribution in [1.29, 1.82) is 0 Å². The Hall–Kier alpha value is -0.610. The first-order valence-corrected chi connectivity index (χ1v) is 13.3. The third-order valence-corrected chi connectivity index (χ3v) is 11.0. The van der Waals surface area contributed by atoms with Gasteiger partial charge >= 0.3 is 5.97 Å². The Bertz CT molecular complexity index is 659.